The minimum Gasteiger partial charge on any atom is -0.478 e. The molecule has 2 aromatic heterocycles. The van der Waals surface area contributed by atoms with Crippen LogP contribution >= 0.6 is 11.3 Å². The van der Waals surface area contributed by atoms with Crippen molar-refractivity contribution in [3.05, 3.63) is 53.1 Å². The topological polar surface area (TPSA) is 63.3 Å². The Morgan fingerprint density at radius 1 is 1.35 bits per heavy atom. The van der Waals surface area contributed by atoms with Crippen LogP contribution in [-0.2, 0) is 0 Å². The van der Waals surface area contributed by atoms with Crippen molar-refractivity contribution in [2.24, 2.45) is 0 Å². The molecule has 0 atom stereocenters. The summed E-state index contributed by atoms with van der Waals surface area (Å²) in [6, 6.07) is 9.49. The minimum absolute atomic E-state index is 0.130. The first-order valence-electron chi connectivity index (χ1n) is 5.99. The Hall–Kier alpha value is -2.40. The normalized spacial score (nSPS) is 10.7. The number of hydrogen-bond acceptors (Lipinski definition) is 4. The number of carbonyl (C=O) groups is 1. The number of rotatable bonds is 3. The van der Waals surface area contributed by atoms with Crippen LogP contribution in [0.5, 0.6) is 0 Å². The third kappa shape index (κ3) is 2.23. The molecule has 0 radical (unpaired) electrons. The summed E-state index contributed by atoms with van der Waals surface area (Å²) in [6.07, 6.45) is 1.23. The lowest BCUT2D eigenvalue weighted by molar-refractivity contribution is 0.0696. The molecule has 5 heteroatoms. The highest BCUT2D eigenvalue weighted by Crippen LogP contribution is 2.31. The molecule has 0 aliphatic heterocycles. The van der Waals surface area contributed by atoms with Gasteiger partial charge in [0.2, 0.25) is 0 Å². The van der Waals surface area contributed by atoms with E-state index in [1.165, 1.54) is 23.7 Å². The van der Waals surface area contributed by atoms with Crippen molar-refractivity contribution in [2.45, 2.75) is 6.92 Å². The Morgan fingerprint density at radius 2 is 2.15 bits per heavy atom. The fourth-order valence-corrected chi connectivity index (χ4v) is 2.81. The van der Waals surface area contributed by atoms with Crippen molar-refractivity contribution in [3.8, 4) is 22.0 Å². The van der Waals surface area contributed by atoms with E-state index in [1.807, 2.05) is 36.6 Å². The summed E-state index contributed by atoms with van der Waals surface area (Å²) in [7, 11) is 0. The first kappa shape index (κ1) is 12.6. The largest absolute Gasteiger partial charge is 0.478 e. The van der Waals surface area contributed by atoms with E-state index >= 15 is 0 Å². The number of carboxylic acid groups (broad SMARTS) is 1. The van der Waals surface area contributed by atoms with Gasteiger partial charge in [-0.15, -0.1) is 11.3 Å². The molecular weight excluding hydrogens is 274 g/mol. The maximum absolute atomic E-state index is 10.8. The molecule has 0 spiro atoms. The van der Waals surface area contributed by atoms with Crippen molar-refractivity contribution in [1.82, 2.24) is 4.98 Å². The Bertz CT molecular complexity index is 773. The summed E-state index contributed by atoms with van der Waals surface area (Å²) in [6.45, 7) is 2.03. The van der Waals surface area contributed by atoms with Crippen molar-refractivity contribution < 1.29 is 14.3 Å². The van der Waals surface area contributed by atoms with Crippen LogP contribution < -0.4 is 0 Å². The summed E-state index contributed by atoms with van der Waals surface area (Å²) in [4.78, 5) is 15.4. The molecule has 0 unspecified atom stereocenters. The van der Waals surface area contributed by atoms with Crippen LogP contribution in [0, 0.1) is 6.92 Å². The lowest BCUT2D eigenvalue weighted by atomic mass is 10.1. The minimum atomic E-state index is -1.01. The number of hydrogen-bond donors (Lipinski definition) is 1. The van der Waals surface area contributed by atoms with E-state index in [4.69, 9.17) is 9.52 Å². The first-order valence-corrected chi connectivity index (χ1v) is 6.87. The van der Waals surface area contributed by atoms with Gasteiger partial charge in [-0.1, -0.05) is 24.3 Å². The van der Waals surface area contributed by atoms with Crippen LogP contribution in [0.1, 0.15) is 15.9 Å². The highest BCUT2D eigenvalue weighted by atomic mass is 32.1. The molecule has 100 valence electrons. The molecular formula is C15H11NO3S. The Labute approximate surface area is 119 Å². The summed E-state index contributed by atoms with van der Waals surface area (Å²) >= 11 is 1.51. The molecule has 20 heavy (non-hydrogen) atoms. The van der Waals surface area contributed by atoms with Gasteiger partial charge in [-0.05, 0) is 12.5 Å². The predicted molar refractivity (Wildman–Crippen MR) is 76.9 cm³/mol. The quantitative estimate of drug-likeness (QED) is 0.787. The van der Waals surface area contributed by atoms with Crippen LogP contribution in [0.3, 0.4) is 0 Å². The summed E-state index contributed by atoms with van der Waals surface area (Å²) in [5.74, 6) is -0.534. The van der Waals surface area contributed by atoms with Gasteiger partial charge in [0.25, 0.3) is 0 Å². The second-order valence-electron chi connectivity index (χ2n) is 4.36. The van der Waals surface area contributed by atoms with Gasteiger partial charge in [0.15, 0.2) is 5.76 Å². The zero-order chi connectivity index (χ0) is 14.1. The molecule has 4 nitrogen and oxygen atoms in total. The zero-order valence-electron chi connectivity index (χ0n) is 10.7. The van der Waals surface area contributed by atoms with Gasteiger partial charge in [-0.2, -0.15) is 0 Å². The molecule has 0 aliphatic rings. The van der Waals surface area contributed by atoms with E-state index in [1.54, 1.807) is 0 Å². The Morgan fingerprint density at radius 3 is 2.85 bits per heavy atom. The monoisotopic (exact) mass is 285 g/mol. The van der Waals surface area contributed by atoms with Gasteiger partial charge in [-0.3, -0.25) is 0 Å². The second-order valence-corrected chi connectivity index (χ2v) is 5.22. The standard InChI is InChI=1S/C15H11NO3S/c1-9-4-2-3-5-11(9)14-16-12(8-20-14)13-6-10(7-19-13)15(17)18/h2-8H,1H3,(H,17,18). The number of aryl methyl sites for hydroxylation is 1. The summed E-state index contributed by atoms with van der Waals surface area (Å²) in [5, 5.41) is 11.6. The average Bonchev–Trinajstić information content (AvgIpc) is 3.08. The number of aromatic carboxylic acids is 1. The maximum atomic E-state index is 10.8. The molecule has 1 aromatic carbocycles. The van der Waals surface area contributed by atoms with Gasteiger partial charge >= 0.3 is 5.97 Å². The van der Waals surface area contributed by atoms with E-state index in [2.05, 4.69) is 4.98 Å². The molecule has 0 aliphatic carbocycles. The summed E-state index contributed by atoms with van der Waals surface area (Å²) < 4.78 is 5.25. The molecule has 0 saturated heterocycles. The predicted octanol–water partition coefficient (Wildman–Crippen LogP) is 4.08. The number of thiazole rings is 1. The van der Waals surface area contributed by atoms with Crippen molar-refractivity contribution in [3.63, 3.8) is 0 Å². The summed E-state index contributed by atoms with van der Waals surface area (Å²) in [5.41, 5.74) is 3.01. The number of aromatic nitrogens is 1. The third-order valence-electron chi connectivity index (χ3n) is 2.98. The molecule has 0 amide bonds. The van der Waals surface area contributed by atoms with Crippen LogP contribution in [0.2, 0.25) is 0 Å². The smallest absolute Gasteiger partial charge is 0.338 e. The van der Waals surface area contributed by atoms with Gasteiger partial charge in [0.1, 0.15) is 17.0 Å². The average molecular weight is 285 g/mol. The van der Waals surface area contributed by atoms with Crippen LogP contribution in [0.15, 0.2) is 46.4 Å². The van der Waals surface area contributed by atoms with E-state index in [0.29, 0.717) is 11.5 Å². The fourth-order valence-electron chi connectivity index (χ4n) is 1.91. The van der Waals surface area contributed by atoms with Crippen molar-refractivity contribution in [2.75, 3.05) is 0 Å². The second kappa shape index (κ2) is 4.94. The molecule has 3 aromatic rings. The van der Waals surface area contributed by atoms with E-state index < -0.39 is 5.97 Å². The zero-order valence-corrected chi connectivity index (χ0v) is 11.5. The molecule has 1 N–H and O–H groups in total. The molecule has 0 saturated carbocycles. The van der Waals surface area contributed by atoms with Gasteiger partial charge in [-0.25, -0.2) is 9.78 Å². The van der Waals surface area contributed by atoms with E-state index in [-0.39, 0.29) is 5.56 Å². The van der Waals surface area contributed by atoms with E-state index in [0.717, 1.165) is 16.1 Å². The first-order chi connectivity index (χ1) is 9.65. The van der Waals surface area contributed by atoms with Gasteiger partial charge < -0.3 is 9.52 Å². The molecule has 0 fully saturated rings. The van der Waals surface area contributed by atoms with Crippen molar-refractivity contribution >= 4 is 17.3 Å². The molecule has 3 rings (SSSR count). The Kier molecular flexibility index (Phi) is 3.12. The van der Waals surface area contributed by atoms with Crippen LogP contribution in [-0.4, -0.2) is 16.1 Å². The number of benzene rings is 1. The van der Waals surface area contributed by atoms with E-state index in [9.17, 15) is 4.79 Å². The van der Waals surface area contributed by atoms with Crippen molar-refractivity contribution in [1.29, 1.82) is 0 Å². The van der Waals surface area contributed by atoms with Crippen LogP contribution in [0.25, 0.3) is 22.0 Å². The number of carboxylic acids is 1. The third-order valence-corrected chi connectivity index (χ3v) is 3.85. The highest BCUT2D eigenvalue weighted by Gasteiger charge is 2.13. The lowest BCUT2D eigenvalue weighted by Crippen LogP contribution is -1.91. The lowest BCUT2D eigenvalue weighted by Gasteiger charge is -1.99. The SMILES string of the molecule is Cc1ccccc1-c1nc(-c2cc(C(=O)O)co2)cs1. The fraction of sp³-hybridized carbons (Fsp3) is 0.0667. The maximum Gasteiger partial charge on any atom is 0.338 e. The van der Waals surface area contributed by atoms with Gasteiger partial charge in [0, 0.05) is 17.0 Å². The Balaban J connectivity index is 1.98. The van der Waals surface area contributed by atoms with Crippen LogP contribution in [0.4, 0.5) is 0 Å². The number of furan rings is 1. The highest BCUT2D eigenvalue weighted by molar-refractivity contribution is 7.13. The number of nitrogens with zero attached hydrogens (tertiary/aromatic N) is 1. The molecule has 2 heterocycles. The molecule has 0 bridgehead atoms. The van der Waals surface area contributed by atoms with Gasteiger partial charge in [0.05, 0.1) is 5.56 Å².